The van der Waals surface area contributed by atoms with Crippen LogP contribution in [0.5, 0.6) is 0 Å². The Bertz CT molecular complexity index is 3600. The first-order chi connectivity index (χ1) is 32.4. The van der Waals surface area contributed by atoms with Gasteiger partial charge in [0.25, 0.3) is 0 Å². The Labute approximate surface area is 391 Å². The minimum Gasteiger partial charge on any atom is -0.455 e. The normalized spacial score (nSPS) is 14.4. The van der Waals surface area contributed by atoms with Gasteiger partial charge in [0.05, 0.1) is 0 Å². The van der Waals surface area contributed by atoms with Crippen LogP contribution in [0.2, 0.25) is 0 Å². The second kappa shape index (κ2) is 14.0. The fourth-order valence-electron chi connectivity index (χ4n) is 11.7. The number of nitrogens with zero attached hydrogens (tertiary/aromatic N) is 1. The Kier molecular flexibility index (Phi) is 8.27. The van der Waals surface area contributed by atoms with Crippen molar-refractivity contribution in [2.45, 2.75) is 64.7 Å². The van der Waals surface area contributed by atoms with Crippen molar-refractivity contribution in [2.24, 2.45) is 0 Å². The number of benzene rings is 9. The van der Waals surface area contributed by atoms with Crippen LogP contribution in [0, 0.1) is 0 Å². The SMILES string of the molecule is CC(C)(C)c1ccc(N(c2ccc3c(c2)C(C)(C)c2cc(-c4ccccc4)c4oc5ccccc5c4c2-3)c2ccc3c(c2)C(C)(C)c2cc(-c4ccccc4)c4oc5ccccc5c4c2-3)cc1. The summed E-state index contributed by atoms with van der Waals surface area (Å²) in [6.07, 6.45) is 0. The lowest BCUT2D eigenvalue weighted by Gasteiger charge is -2.30. The van der Waals surface area contributed by atoms with Crippen molar-refractivity contribution in [3.63, 3.8) is 0 Å². The van der Waals surface area contributed by atoms with Crippen molar-refractivity contribution in [3.8, 4) is 44.5 Å². The summed E-state index contributed by atoms with van der Waals surface area (Å²) in [6, 6.07) is 66.8. The standard InChI is InChI=1S/C64H51NO2/c1-62(2,3)40-26-28-41(29-27-40)65(42-30-32-44-50(34-42)63(4,5)52-36-48(38-18-10-8-11-19-38)60-58(56(44)52)46-22-14-16-24-54(46)66-60)43-31-33-45-51(35-43)64(6,7)53-37-49(39-20-12-9-13-21-39)61-59(57(45)53)47-23-15-17-25-55(47)67-61/h8-37H,1-7H3. The smallest absolute Gasteiger partial charge is 0.143 e. The molecule has 2 aliphatic rings. The number of para-hydroxylation sites is 2. The highest BCUT2D eigenvalue weighted by molar-refractivity contribution is 6.20. The molecule has 0 spiro atoms. The Hall–Kier alpha value is -7.62. The summed E-state index contributed by atoms with van der Waals surface area (Å²) >= 11 is 0. The molecule has 0 amide bonds. The third kappa shape index (κ3) is 5.70. The molecule has 0 unspecified atom stereocenters. The summed E-state index contributed by atoms with van der Waals surface area (Å²) in [6.45, 7) is 16.4. The molecular weight excluding hydrogens is 815 g/mol. The van der Waals surface area contributed by atoms with Crippen LogP contribution >= 0.6 is 0 Å². The molecule has 2 heterocycles. The van der Waals surface area contributed by atoms with Crippen LogP contribution in [0.4, 0.5) is 17.1 Å². The van der Waals surface area contributed by atoms with E-state index in [1.807, 2.05) is 0 Å². The van der Waals surface area contributed by atoms with Crippen LogP contribution in [0.3, 0.4) is 0 Å². The first-order valence-corrected chi connectivity index (χ1v) is 23.7. The zero-order chi connectivity index (χ0) is 45.6. The minimum atomic E-state index is -0.296. The van der Waals surface area contributed by atoms with E-state index in [2.05, 4.69) is 235 Å². The molecule has 0 atom stereocenters. The highest BCUT2D eigenvalue weighted by Crippen LogP contribution is 2.58. The zero-order valence-corrected chi connectivity index (χ0v) is 39.1. The summed E-state index contributed by atoms with van der Waals surface area (Å²) in [5, 5.41) is 4.68. The van der Waals surface area contributed by atoms with E-state index in [9.17, 15) is 0 Å². The van der Waals surface area contributed by atoms with Crippen molar-refractivity contribution in [2.75, 3.05) is 4.90 Å². The molecule has 324 valence electrons. The van der Waals surface area contributed by atoms with E-state index >= 15 is 0 Å². The predicted octanol–water partition coefficient (Wildman–Crippen LogP) is 18.2. The quantitative estimate of drug-likeness (QED) is 0.173. The number of anilines is 3. The van der Waals surface area contributed by atoms with Crippen molar-refractivity contribution < 1.29 is 8.83 Å². The van der Waals surface area contributed by atoms with Crippen molar-refractivity contribution >= 4 is 60.9 Å². The number of fused-ring (bicyclic) bond motifs is 14. The Morgan fingerprint density at radius 3 is 1.22 bits per heavy atom. The summed E-state index contributed by atoms with van der Waals surface area (Å²) in [7, 11) is 0. The molecule has 0 saturated carbocycles. The van der Waals surface area contributed by atoms with Gasteiger partial charge in [-0.05, 0) is 127 Å². The van der Waals surface area contributed by atoms with E-state index in [1.165, 1.54) is 60.8 Å². The molecule has 0 aliphatic heterocycles. The Morgan fingerprint density at radius 1 is 0.388 bits per heavy atom. The molecule has 0 radical (unpaired) electrons. The molecule has 3 nitrogen and oxygen atoms in total. The average Bonchev–Trinajstić information content (AvgIpc) is 4.04. The number of hydrogen-bond donors (Lipinski definition) is 0. The van der Waals surface area contributed by atoms with Crippen molar-refractivity contribution in [3.05, 3.63) is 210 Å². The topological polar surface area (TPSA) is 29.5 Å². The third-order valence-corrected chi connectivity index (χ3v) is 15.2. The van der Waals surface area contributed by atoms with E-state index in [1.54, 1.807) is 0 Å². The Morgan fingerprint density at radius 2 is 0.791 bits per heavy atom. The highest BCUT2D eigenvalue weighted by Gasteiger charge is 2.41. The molecule has 2 aromatic heterocycles. The number of hydrogen-bond acceptors (Lipinski definition) is 3. The minimum absolute atomic E-state index is 0.0263. The average molecular weight is 866 g/mol. The van der Waals surface area contributed by atoms with Gasteiger partial charge in [0.1, 0.15) is 22.3 Å². The van der Waals surface area contributed by atoms with Crippen molar-refractivity contribution in [1.82, 2.24) is 0 Å². The number of rotatable bonds is 5. The fraction of sp³-hybridized carbons (Fsp3) is 0.156. The largest absolute Gasteiger partial charge is 0.455 e. The summed E-state index contributed by atoms with van der Waals surface area (Å²) in [4.78, 5) is 2.47. The van der Waals surface area contributed by atoms with Crippen LogP contribution < -0.4 is 4.90 Å². The summed E-state index contributed by atoms with van der Waals surface area (Å²) in [5.74, 6) is 0. The molecule has 2 aliphatic carbocycles. The van der Waals surface area contributed by atoms with Crippen LogP contribution in [0.25, 0.3) is 88.4 Å². The Balaban J connectivity index is 1.02. The zero-order valence-electron chi connectivity index (χ0n) is 39.1. The monoisotopic (exact) mass is 865 g/mol. The van der Waals surface area contributed by atoms with E-state index < -0.39 is 0 Å². The van der Waals surface area contributed by atoms with Crippen LogP contribution in [-0.2, 0) is 16.2 Å². The lowest BCUT2D eigenvalue weighted by atomic mass is 9.80. The second-order valence-corrected chi connectivity index (χ2v) is 20.9. The molecule has 13 rings (SSSR count). The van der Waals surface area contributed by atoms with Gasteiger partial charge in [-0.25, -0.2) is 0 Å². The molecule has 0 bridgehead atoms. The van der Waals surface area contributed by atoms with E-state index in [4.69, 9.17) is 8.83 Å². The van der Waals surface area contributed by atoms with Gasteiger partial charge in [-0.1, -0.05) is 170 Å². The van der Waals surface area contributed by atoms with E-state index in [0.717, 1.165) is 72.4 Å². The van der Waals surface area contributed by atoms with Gasteiger partial charge in [0.2, 0.25) is 0 Å². The van der Waals surface area contributed by atoms with Crippen molar-refractivity contribution in [1.29, 1.82) is 0 Å². The van der Waals surface area contributed by atoms with Crippen LogP contribution in [0.1, 0.15) is 76.3 Å². The van der Waals surface area contributed by atoms with E-state index in [-0.39, 0.29) is 16.2 Å². The molecule has 0 saturated heterocycles. The summed E-state index contributed by atoms with van der Waals surface area (Å²) < 4.78 is 13.6. The predicted molar refractivity (Wildman–Crippen MR) is 280 cm³/mol. The molecular formula is C64H51NO2. The van der Waals surface area contributed by atoms with E-state index in [0.29, 0.717) is 0 Å². The first-order valence-electron chi connectivity index (χ1n) is 23.7. The highest BCUT2D eigenvalue weighted by atomic mass is 16.3. The lowest BCUT2D eigenvalue weighted by molar-refractivity contribution is 0.590. The molecule has 67 heavy (non-hydrogen) atoms. The molecule has 0 N–H and O–H groups in total. The third-order valence-electron chi connectivity index (χ3n) is 15.2. The molecule has 9 aromatic carbocycles. The van der Waals surface area contributed by atoms with Crippen LogP contribution in [-0.4, -0.2) is 0 Å². The van der Waals surface area contributed by atoms with Gasteiger partial charge in [-0.15, -0.1) is 0 Å². The second-order valence-electron chi connectivity index (χ2n) is 20.9. The van der Waals surface area contributed by atoms with Crippen LogP contribution in [0.15, 0.2) is 191 Å². The fourth-order valence-corrected chi connectivity index (χ4v) is 11.7. The molecule has 11 aromatic rings. The molecule has 0 fully saturated rings. The van der Waals surface area contributed by atoms with Gasteiger partial charge in [0, 0.05) is 60.6 Å². The van der Waals surface area contributed by atoms with Gasteiger partial charge in [-0.2, -0.15) is 0 Å². The van der Waals surface area contributed by atoms with Gasteiger partial charge >= 0.3 is 0 Å². The maximum Gasteiger partial charge on any atom is 0.143 e. The van der Waals surface area contributed by atoms with Gasteiger partial charge in [-0.3, -0.25) is 0 Å². The summed E-state index contributed by atoms with van der Waals surface area (Å²) in [5.41, 5.74) is 22.8. The molecule has 3 heteroatoms. The maximum atomic E-state index is 6.79. The number of furan rings is 2. The lowest BCUT2D eigenvalue weighted by Crippen LogP contribution is -2.18. The maximum absolute atomic E-state index is 6.79. The first kappa shape index (κ1) is 39.7. The van der Waals surface area contributed by atoms with Gasteiger partial charge in [0.15, 0.2) is 0 Å². The van der Waals surface area contributed by atoms with Gasteiger partial charge < -0.3 is 13.7 Å².